The standard InChI is InChI=1S/C22H22ClFN4O/c23-17-6-4-16(5-7-17)20-14-21(27-26-20)28-10-8-19(9-11-28)25-22(29)13-15-2-1-3-18(24)12-15/h1-7,12,14,19H,8-11,13H2,(H,25,29)(H,26,27). The van der Waals surface area contributed by atoms with E-state index in [0.717, 1.165) is 43.0 Å². The molecule has 0 radical (unpaired) electrons. The molecular formula is C22H22ClFN4O. The van der Waals surface area contributed by atoms with Crippen LogP contribution in [0.3, 0.4) is 0 Å². The molecule has 4 rings (SSSR count). The van der Waals surface area contributed by atoms with E-state index in [0.29, 0.717) is 10.6 Å². The number of benzene rings is 2. The van der Waals surface area contributed by atoms with Crippen LogP contribution >= 0.6 is 11.6 Å². The minimum Gasteiger partial charge on any atom is -0.355 e. The molecule has 1 aliphatic rings. The molecule has 0 atom stereocenters. The van der Waals surface area contributed by atoms with Gasteiger partial charge in [-0.05, 0) is 48.2 Å². The molecule has 2 heterocycles. The number of nitrogens with zero attached hydrogens (tertiary/aromatic N) is 2. The van der Waals surface area contributed by atoms with Crippen molar-refractivity contribution in [3.63, 3.8) is 0 Å². The number of aromatic amines is 1. The molecule has 0 saturated carbocycles. The van der Waals surface area contributed by atoms with Crippen molar-refractivity contribution >= 4 is 23.3 Å². The zero-order valence-electron chi connectivity index (χ0n) is 15.9. The Kier molecular flexibility index (Phi) is 5.81. The van der Waals surface area contributed by atoms with Crippen molar-refractivity contribution in [1.82, 2.24) is 15.5 Å². The van der Waals surface area contributed by atoms with E-state index in [1.807, 2.05) is 30.3 Å². The van der Waals surface area contributed by atoms with E-state index in [2.05, 4.69) is 20.4 Å². The smallest absolute Gasteiger partial charge is 0.224 e. The fourth-order valence-corrected chi connectivity index (χ4v) is 3.74. The first-order valence-corrected chi connectivity index (χ1v) is 10.0. The number of halogens is 2. The average Bonchev–Trinajstić information content (AvgIpc) is 3.19. The second kappa shape index (κ2) is 8.66. The van der Waals surface area contributed by atoms with Gasteiger partial charge in [0.15, 0.2) is 5.82 Å². The zero-order valence-corrected chi connectivity index (χ0v) is 16.6. The first-order chi connectivity index (χ1) is 14.1. The van der Waals surface area contributed by atoms with E-state index in [-0.39, 0.29) is 24.2 Å². The van der Waals surface area contributed by atoms with Crippen LogP contribution in [0.1, 0.15) is 18.4 Å². The fourth-order valence-electron chi connectivity index (χ4n) is 3.61. The first-order valence-electron chi connectivity index (χ1n) is 9.67. The molecule has 1 fully saturated rings. The second-order valence-electron chi connectivity index (χ2n) is 7.28. The van der Waals surface area contributed by atoms with Crippen LogP contribution in [-0.2, 0) is 11.2 Å². The Bertz CT molecular complexity index is 980. The van der Waals surface area contributed by atoms with E-state index in [9.17, 15) is 9.18 Å². The van der Waals surface area contributed by atoms with Crippen LogP contribution in [0.2, 0.25) is 5.02 Å². The lowest BCUT2D eigenvalue weighted by molar-refractivity contribution is -0.121. The highest BCUT2D eigenvalue weighted by Crippen LogP contribution is 2.25. The fraction of sp³-hybridized carbons (Fsp3) is 0.273. The van der Waals surface area contributed by atoms with E-state index in [1.165, 1.54) is 12.1 Å². The molecule has 1 amide bonds. The third-order valence-corrected chi connectivity index (χ3v) is 5.41. The normalized spacial score (nSPS) is 14.8. The molecule has 2 aromatic carbocycles. The maximum Gasteiger partial charge on any atom is 0.224 e. The van der Waals surface area contributed by atoms with Gasteiger partial charge in [-0.25, -0.2) is 4.39 Å². The molecule has 0 spiro atoms. The minimum atomic E-state index is -0.319. The number of aromatic nitrogens is 2. The van der Waals surface area contributed by atoms with Gasteiger partial charge in [-0.2, -0.15) is 5.10 Å². The highest BCUT2D eigenvalue weighted by atomic mass is 35.5. The maximum absolute atomic E-state index is 13.3. The third-order valence-electron chi connectivity index (χ3n) is 5.16. The van der Waals surface area contributed by atoms with Gasteiger partial charge in [-0.1, -0.05) is 35.9 Å². The number of carbonyl (C=O) groups is 1. The molecule has 29 heavy (non-hydrogen) atoms. The number of carbonyl (C=O) groups excluding carboxylic acids is 1. The Hall–Kier alpha value is -2.86. The molecule has 7 heteroatoms. The Morgan fingerprint density at radius 1 is 1.17 bits per heavy atom. The number of hydrogen-bond acceptors (Lipinski definition) is 3. The van der Waals surface area contributed by atoms with Crippen LogP contribution in [0.4, 0.5) is 10.2 Å². The quantitative estimate of drug-likeness (QED) is 0.660. The predicted molar refractivity (Wildman–Crippen MR) is 113 cm³/mol. The van der Waals surface area contributed by atoms with Crippen LogP contribution in [0.15, 0.2) is 54.6 Å². The van der Waals surface area contributed by atoms with Gasteiger partial charge < -0.3 is 10.2 Å². The van der Waals surface area contributed by atoms with Gasteiger partial charge >= 0.3 is 0 Å². The highest BCUT2D eigenvalue weighted by Gasteiger charge is 2.22. The predicted octanol–water partition coefficient (Wildman–Crippen LogP) is 4.20. The molecule has 1 saturated heterocycles. The number of nitrogens with one attached hydrogen (secondary N) is 2. The van der Waals surface area contributed by atoms with Gasteiger partial charge in [0, 0.05) is 30.2 Å². The molecular weight excluding hydrogens is 391 g/mol. The summed E-state index contributed by atoms with van der Waals surface area (Å²) < 4.78 is 13.3. The number of rotatable bonds is 5. The number of piperidine rings is 1. The summed E-state index contributed by atoms with van der Waals surface area (Å²) in [5.41, 5.74) is 2.67. The van der Waals surface area contributed by atoms with E-state index in [1.54, 1.807) is 12.1 Å². The minimum absolute atomic E-state index is 0.0705. The zero-order chi connectivity index (χ0) is 20.2. The van der Waals surface area contributed by atoms with E-state index >= 15 is 0 Å². The van der Waals surface area contributed by atoms with Crippen molar-refractivity contribution < 1.29 is 9.18 Å². The molecule has 150 valence electrons. The average molecular weight is 413 g/mol. The van der Waals surface area contributed by atoms with Crippen LogP contribution in [-0.4, -0.2) is 35.2 Å². The van der Waals surface area contributed by atoms with Crippen LogP contribution in [0.25, 0.3) is 11.3 Å². The monoisotopic (exact) mass is 412 g/mol. The van der Waals surface area contributed by atoms with E-state index in [4.69, 9.17) is 11.6 Å². The Morgan fingerprint density at radius 2 is 1.93 bits per heavy atom. The third kappa shape index (κ3) is 4.95. The van der Waals surface area contributed by atoms with Gasteiger partial charge in [-0.3, -0.25) is 9.89 Å². The molecule has 1 aliphatic heterocycles. The number of amides is 1. The van der Waals surface area contributed by atoms with Crippen LogP contribution in [0.5, 0.6) is 0 Å². The summed E-state index contributed by atoms with van der Waals surface area (Å²) in [4.78, 5) is 14.5. The highest BCUT2D eigenvalue weighted by molar-refractivity contribution is 6.30. The summed E-state index contributed by atoms with van der Waals surface area (Å²) in [6, 6.07) is 16.0. The Morgan fingerprint density at radius 3 is 2.66 bits per heavy atom. The van der Waals surface area contributed by atoms with Gasteiger partial charge in [0.1, 0.15) is 5.82 Å². The van der Waals surface area contributed by atoms with Gasteiger partial charge in [-0.15, -0.1) is 0 Å². The van der Waals surface area contributed by atoms with Crippen molar-refractivity contribution in [3.05, 3.63) is 71.0 Å². The number of anilines is 1. The van der Waals surface area contributed by atoms with Crippen molar-refractivity contribution in [1.29, 1.82) is 0 Å². The van der Waals surface area contributed by atoms with Crippen molar-refractivity contribution in [2.75, 3.05) is 18.0 Å². The van der Waals surface area contributed by atoms with Gasteiger partial charge in [0.05, 0.1) is 12.1 Å². The summed E-state index contributed by atoms with van der Waals surface area (Å²) >= 11 is 5.95. The SMILES string of the molecule is O=C(Cc1cccc(F)c1)NC1CCN(c2cc(-c3ccc(Cl)cc3)[nH]n2)CC1. The molecule has 2 N–H and O–H groups in total. The lowest BCUT2D eigenvalue weighted by Gasteiger charge is -2.32. The van der Waals surface area contributed by atoms with Crippen molar-refractivity contribution in [2.24, 2.45) is 0 Å². The largest absolute Gasteiger partial charge is 0.355 e. The van der Waals surface area contributed by atoms with Gasteiger partial charge in [0.2, 0.25) is 5.91 Å². The van der Waals surface area contributed by atoms with E-state index < -0.39 is 0 Å². The lowest BCUT2D eigenvalue weighted by Crippen LogP contribution is -2.45. The number of H-pyrrole nitrogens is 1. The molecule has 3 aromatic rings. The molecule has 5 nitrogen and oxygen atoms in total. The second-order valence-corrected chi connectivity index (χ2v) is 7.72. The van der Waals surface area contributed by atoms with Crippen LogP contribution < -0.4 is 10.2 Å². The maximum atomic E-state index is 13.3. The van der Waals surface area contributed by atoms with Gasteiger partial charge in [0.25, 0.3) is 0 Å². The summed E-state index contributed by atoms with van der Waals surface area (Å²) in [6.45, 7) is 1.63. The first kappa shape index (κ1) is 19.5. The molecule has 0 unspecified atom stereocenters. The molecule has 1 aromatic heterocycles. The van der Waals surface area contributed by atoms with Crippen molar-refractivity contribution in [3.8, 4) is 11.3 Å². The number of hydrogen-bond donors (Lipinski definition) is 2. The summed E-state index contributed by atoms with van der Waals surface area (Å²) in [6.07, 6.45) is 1.89. The lowest BCUT2D eigenvalue weighted by atomic mass is 10.0. The Balaban J connectivity index is 1.29. The topological polar surface area (TPSA) is 61.0 Å². The Labute approximate surface area is 173 Å². The summed E-state index contributed by atoms with van der Waals surface area (Å²) in [5.74, 6) is 0.513. The summed E-state index contributed by atoms with van der Waals surface area (Å²) in [7, 11) is 0. The molecule has 0 bridgehead atoms. The van der Waals surface area contributed by atoms with Crippen molar-refractivity contribution in [2.45, 2.75) is 25.3 Å². The molecule has 0 aliphatic carbocycles. The summed E-state index contributed by atoms with van der Waals surface area (Å²) in [5, 5.41) is 11.3. The van der Waals surface area contributed by atoms with Crippen LogP contribution in [0, 0.1) is 5.82 Å².